The zero-order chi connectivity index (χ0) is 18.8. The van der Waals surface area contributed by atoms with E-state index >= 15 is 0 Å². The molecule has 1 aromatic heterocycles. The fourth-order valence-corrected chi connectivity index (χ4v) is 3.70. The van der Waals surface area contributed by atoms with Gasteiger partial charge in [-0.05, 0) is 26.0 Å². The summed E-state index contributed by atoms with van der Waals surface area (Å²) >= 11 is 0. The summed E-state index contributed by atoms with van der Waals surface area (Å²) < 4.78 is 5.65. The van der Waals surface area contributed by atoms with Gasteiger partial charge in [-0.2, -0.15) is 0 Å². The normalized spacial score (nSPS) is 17.4. The number of rotatable bonds is 3. The molecule has 0 bridgehead atoms. The van der Waals surface area contributed by atoms with Crippen LogP contribution in [0, 0.1) is 13.8 Å². The van der Waals surface area contributed by atoms with Crippen LogP contribution in [0.25, 0.3) is 0 Å². The first-order valence-corrected chi connectivity index (χ1v) is 9.42. The Balaban J connectivity index is 1.36. The minimum Gasteiger partial charge on any atom is -0.490 e. The van der Waals surface area contributed by atoms with Crippen molar-refractivity contribution in [1.82, 2.24) is 14.9 Å². The van der Waals surface area contributed by atoms with Crippen molar-refractivity contribution in [2.45, 2.75) is 13.8 Å². The summed E-state index contributed by atoms with van der Waals surface area (Å²) in [6.45, 7) is 8.92. The van der Waals surface area contributed by atoms with E-state index in [2.05, 4.69) is 19.8 Å². The van der Waals surface area contributed by atoms with Gasteiger partial charge in [0.15, 0.2) is 0 Å². The van der Waals surface area contributed by atoms with E-state index in [9.17, 15) is 4.79 Å². The second kappa shape index (κ2) is 7.52. The van der Waals surface area contributed by atoms with Gasteiger partial charge in [0.05, 0.1) is 18.8 Å². The number of para-hydroxylation sites is 2. The Kier molecular flexibility index (Phi) is 4.94. The van der Waals surface area contributed by atoms with Crippen LogP contribution in [0.5, 0.6) is 5.75 Å². The molecule has 0 saturated carbocycles. The molecular weight excluding hydrogens is 342 g/mol. The maximum Gasteiger partial charge on any atom is 0.241 e. The van der Waals surface area contributed by atoms with Gasteiger partial charge in [-0.3, -0.25) is 9.69 Å². The van der Waals surface area contributed by atoms with Gasteiger partial charge in [0.25, 0.3) is 0 Å². The molecule has 7 nitrogen and oxygen atoms in total. The zero-order valence-corrected chi connectivity index (χ0v) is 15.9. The fourth-order valence-electron chi connectivity index (χ4n) is 3.70. The standard InChI is InChI=1S/C20H25N5O2/c1-15-13-19(22-16(2)21-15)24-9-7-23(8-10-24)14-20(26)25-11-12-27-18-6-4-3-5-17(18)25/h3-6,13H,7-12,14H2,1-2H3. The molecule has 1 saturated heterocycles. The number of anilines is 2. The average Bonchev–Trinajstić information content (AvgIpc) is 2.67. The molecule has 2 aliphatic heterocycles. The average molecular weight is 367 g/mol. The number of benzene rings is 1. The van der Waals surface area contributed by atoms with E-state index in [1.807, 2.05) is 49.1 Å². The quantitative estimate of drug-likeness (QED) is 0.822. The Morgan fingerprint density at radius 2 is 1.85 bits per heavy atom. The highest BCUT2D eigenvalue weighted by Gasteiger charge is 2.26. The molecule has 3 heterocycles. The lowest BCUT2D eigenvalue weighted by Gasteiger charge is -2.37. The van der Waals surface area contributed by atoms with Crippen molar-refractivity contribution >= 4 is 17.4 Å². The Labute approximate surface area is 159 Å². The van der Waals surface area contributed by atoms with Crippen molar-refractivity contribution in [3.63, 3.8) is 0 Å². The fraction of sp³-hybridized carbons (Fsp3) is 0.450. The van der Waals surface area contributed by atoms with Crippen LogP contribution in [0.15, 0.2) is 30.3 Å². The highest BCUT2D eigenvalue weighted by molar-refractivity contribution is 5.96. The summed E-state index contributed by atoms with van der Waals surface area (Å²) in [4.78, 5) is 28.1. The van der Waals surface area contributed by atoms with Gasteiger partial charge >= 0.3 is 0 Å². The second-order valence-electron chi connectivity index (χ2n) is 7.04. The van der Waals surface area contributed by atoms with Crippen molar-refractivity contribution in [3.8, 4) is 5.75 Å². The van der Waals surface area contributed by atoms with Gasteiger partial charge in [-0.1, -0.05) is 12.1 Å². The third kappa shape index (κ3) is 3.88. The number of aryl methyl sites for hydroxylation is 2. The minimum atomic E-state index is 0.132. The van der Waals surface area contributed by atoms with Gasteiger partial charge < -0.3 is 14.5 Å². The number of piperazine rings is 1. The van der Waals surface area contributed by atoms with Crippen molar-refractivity contribution < 1.29 is 9.53 Å². The lowest BCUT2D eigenvalue weighted by Crippen LogP contribution is -2.51. The number of nitrogens with zero attached hydrogens (tertiary/aromatic N) is 5. The first-order chi connectivity index (χ1) is 13.1. The maximum atomic E-state index is 12.9. The van der Waals surface area contributed by atoms with Crippen LogP contribution in [-0.2, 0) is 4.79 Å². The number of fused-ring (bicyclic) bond motifs is 1. The van der Waals surface area contributed by atoms with Crippen molar-refractivity contribution in [2.24, 2.45) is 0 Å². The molecule has 1 aromatic carbocycles. The third-order valence-electron chi connectivity index (χ3n) is 5.04. The zero-order valence-electron chi connectivity index (χ0n) is 15.9. The summed E-state index contributed by atoms with van der Waals surface area (Å²) in [5.74, 6) is 2.70. The molecule has 7 heteroatoms. The minimum absolute atomic E-state index is 0.132. The smallest absolute Gasteiger partial charge is 0.241 e. The van der Waals surface area contributed by atoms with Gasteiger partial charge in [0.2, 0.25) is 5.91 Å². The van der Waals surface area contributed by atoms with Crippen molar-refractivity contribution in [3.05, 3.63) is 41.9 Å². The van der Waals surface area contributed by atoms with Crippen LogP contribution in [0.1, 0.15) is 11.5 Å². The van der Waals surface area contributed by atoms with E-state index in [-0.39, 0.29) is 5.91 Å². The number of ether oxygens (including phenoxy) is 1. The van der Waals surface area contributed by atoms with E-state index in [0.29, 0.717) is 19.7 Å². The molecule has 0 aliphatic carbocycles. The number of amides is 1. The van der Waals surface area contributed by atoms with Crippen LogP contribution in [-0.4, -0.2) is 66.7 Å². The molecule has 4 rings (SSSR count). The van der Waals surface area contributed by atoms with Crippen LogP contribution >= 0.6 is 0 Å². The Bertz CT molecular complexity index is 813. The summed E-state index contributed by atoms with van der Waals surface area (Å²) in [5.41, 5.74) is 1.86. The highest BCUT2D eigenvalue weighted by atomic mass is 16.5. The molecule has 0 radical (unpaired) electrons. The van der Waals surface area contributed by atoms with Crippen LogP contribution < -0.4 is 14.5 Å². The third-order valence-corrected chi connectivity index (χ3v) is 5.04. The van der Waals surface area contributed by atoms with Crippen molar-refractivity contribution in [2.75, 3.05) is 55.7 Å². The SMILES string of the molecule is Cc1cc(N2CCN(CC(=O)N3CCOc4ccccc43)CC2)nc(C)n1. The van der Waals surface area contributed by atoms with Gasteiger partial charge in [0, 0.05) is 37.9 Å². The summed E-state index contributed by atoms with van der Waals surface area (Å²) in [7, 11) is 0. The van der Waals surface area contributed by atoms with Gasteiger partial charge in [-0.25, -0.2) is 9.97 Å². The predicted octanol–water partition coefficient (Wildman–Crippen LogP) is 1.64. The second-order valence-corrected chi connectivity index (χ2v) is 7.04. The molecular formula is C20H25N5O2. The Hall–Kier alpha value is -2.67. The predicted molar refractivity (Wildman–Crippen MR) is 104 cm³/mol. The number of aromatic nitrogens is 2. The van der Waals surface area contributed by atoms with E-state index < -0.39 is 0 Å². The molecule has 1 amide bonds. The first-order valence-electron chi connectivity index (χ1n) is 9.42. The van der Waals surface area contributed by atoms with Gasteiger partial charge in [0.1, 0.15) is 24.0 Å². The molecule has 142 valence electrons. The molecule has 2 aliphatic rings. The van der Waals surface area contributed by atoms with E-state index in [4.69, 9.17) is 4.74 Å². The van der Waals surface area contributed by atoms with Crippen LogP contribution in [0.2, 0.25) is 0 Å². The van der Waals surface area contributed by atoms with Crippen LogP contribution in [0.4, 0.5) is 11.5 Å². The topological polar surface area (TPSA) is 61.8 Å². The first kappa shape index (κ1) is 17.7. The number of carbonyl (C=O) groups excluding carboxylic acids is 1. The van der Waals surface area contributed by atoms with Crippen LogP contribution in [0.3, 0.4) is 0 Å². The number of carbonyl (C=O) groups is 1. The molecule has 1 fully saturated rings. The number of hydrogen-bond donors (Lipinski definition) is 0. The summed E-state index contributed by atoms with van der Waals surface area (Å²) in [5, 5.41) is 0. The number of hydrogen-bond acceptors (Lipinski definition) is 6. The molecule has 0 N–H and O–H groups in total. The molecule has 0 atom stereocenters. The largest absolute Gasteiger partial charge is 0.490 e. The summed E-state index contributed by atoms with van der Waals surface area (Å²) in [6.07, 6.45) is 0. The molecule has 0 spiro atoms. The Morgan fingerprint density at radius 3 is 2.63 bits per heavy atom. The Morgan fingerprint density at radius 1 is 1.07 bits per heavy atom. The summed E-state index contributed by atoms with van der Waals surface area (Å²) in [6, 6.07) is 9.77. The lowest BCUT2D eigenvalue weighted by atomic mass is 10.2. The molecule has 27 heavy (non-hydrogen) atoms. The van der Waals surface area contributed by atoms with Crippen molar-refractivity contribution in [1.29, 1.82) is 0 Å². The molecule has 2 aromatic rings. The lowest BCUT2D eigenvalue weighted by molar-refractivity contribution is -0.120. The maximum absolute atomic E-state index is 12.9. The molecule has 0 unspecified atom stereocenters. The van der Waals surface area contributed by atoms with E-state index in [1.54, 1.807) is 0 Å². The monoisotopic (exact) mass is 367 g/mol. The van der Waals surface area contributed by atoms with Gasteiger partial charge in [-0.15, -0.1) is 0 Å². The van der Waals surface area contributed by atoms with E-state index in [0.717, 1.165) is 55.0 Å². The highest BCUT2D eigenvalue weighted by Crippen LogP contribution is 2.31. The van der Waals surface area contributed by atoms with E-state index in [1.165, 1.54) is 0 Å².